The number of rotatable bonds is 7. The maximum absolute atomic E-state index is 9.52. The summed E-state index contributed by atoms with van der Waals surface area (Å²) in [6.45, 7) is 9.76. The normalized spacial score (nSPS) is 15.5. The van der Waals surface area contributed by atoms with E-state index in [1.54, 1.807) is 11.3 Å². The standard InChI is InChI=1S/C13H24N2OS/c1-9(2)12(6-16)13(10(3)4)14-5-11-7-17-8-15-11/h7-10,12-14,16H,5-6H2,1-4H3. The highest BCUT2D eigenvalue weighted by atomic mass is 32.1. The van der Waals surface area contributed by atoms with Gasteiger partial charge >= 0.3 is 0 Å². The first-order valence-electron chi connectivity index (χ1n) is 6.27. The van der Waals surface area contributed by atoms with Crippen LogP contribution in [0.2, 0.25) is 0 Å². The van der Waals surface area contributed by atoms with Crippen LogP contribution in [0.5, 0.6) is 0 Å². The van der Waals surface area contributed by atoms with E-state index >= 15 is 0 Å². The molecule has 0 radical (unpaired) electrons. The SMILES string of the molecule is CC(C)C(CO)C(NCc1cscn1)C(C)C. The zero-order valence-corrected chi connectivity index (χ0v) is 12.0. The Bertz CT molecular complexity index is 298. The molecule has 0 aromatic carbocycles. The van der Waals surface area contributed by atoms with Crippen molar-refractivity contribution >= 4 is 11.3 Å². The van der Waals surface area contributed by atoms with E-state index in [-0.39, 0.29) is 6.61 Å². The third-order valence-electron chi connectivity index (χ3n) is 3.25. The molecule has 0 amide bonds. The summed E-state index contributed by atoms with van der Waals surface area (Å²) in [7, 11) is 0. The Kier molecular flexibility index (Phi) is 6.09. The van der Waals surface area contributed by atoms with Crippen LogP contribution in [0.15, 0.2) is 10.9 Å². The van der Waals surface area contributed by atoms with Gasteiger partial charge in [-0.15, -0.1) is 11.3 Å². The van der Waals surface area contributed by atoms with Gasteiger partial charge in [0.25, 0.3) is 0 Å². The molecule has 0 fully saturated rings. The van der Waals surface area contributed by atoms with Crippen LogP contribution in [0, 0.1) is 17.8 Å². The number of aromatic nitrogens is 1. The first kappa shape index (κ1) is 14.6. The molecule has 0 aliphatic heterocycles. The summed E-state index contributed by atoms with van der Waals surface area (Å²) >= 11 is 1.62. The Morgan fingerprint density at radius 1 is 1.29 bits per heavy atom. The van der Waals surface area contributed by atoms with Gasteiger partial charge in [0.15, 0.2) is 0 Å². The van der Waals surface area contributed by atoms with Crippen LogP contribution < -0.4 is 5.32 Å². The van der Waals surface area contributed by atoms with E-state index in [1.165, 1.54) is 0 Å². The fourth-order valence-corrected chi connectivity index (χ4v) is 2.73. The lowest BCUT2D eigenvalue weighted by molar-refractivity contribution is 0.128. The fraction of sp³-hybridized carbons (Fsp3) is 0.769. The molecule has 1 rings (SSSR count). The van der Waals surface area contributed by atoms with E-state index in [2.05, 4.69) is 43.4 Å². The Hall–Kier alpha value is -0.450. The van der Waals surface area contributed by atoms with Gasteiger partial charge in [0, 0.05) is 24.6 Å². The molecule has 2 atom stereocenters. The molecular formula is C13H24N2OS. The molecule has 0 aliphatic carbocycles. The predicted octanol–water partition coefficient (Wildman–Crippen LogP) is 2.52. The number of aliphatic hydroxyl groups excluding tert-OH is 1. The van der Waals surface area contributed by atoms with E-state index in [1.807, 2.05) is 5.51 Å². The number of nitrogens with one attached hydrogen (secondary N) is 1. The molecule has 1 aromatic heterocycles. The molecule has 17 heavy (non-hydrogen) atoms. The van der Waals surface area contributed by atoms with Crippen molar-refractivity contribution < 1.29 is 5.11 Å². The van der Waals surface area contributed by atoms with Crippen molar-refractivity contribution in [3.63, 3.8) is 0 Å². The number of hydrogen-bond donors (Lipinski definition) is 2. The maximum atomic E-state index is 9.52. The van der Waals surface area contributed by atoms with Crippen LogP contribution in [-0.2, 0) is 6.54 Å². The summed E-state index contributed by atoms with van der Waals surface area (Å²) in [6, 6.07) is 0.335. The minimum Gasteiger partial charge on any atom is -0.396 e. The monoisotopic (exact) mass is 256 g/mol. The highest BCUT2D eigenvalue weighted by molar-refractivity contribution is 7.07. The zero-order valence-electron chi connectivity index (χ0n) is 11.2. The molecule has 0 saturated carbocycles. The van der Waals surface area contributed by atoms with E-state index in [9.17, 15) is 5.11 Å². The van der Waals surface area contributed by atoms with Crippen LogP contribution >= 0.6 is 11.3 Å². The van der Waals surface area contributed by atoms with Crippen LogP contribution in [0.25, 0.3) is 0 Å². The lowest BCUT2D eigenvalue weighted by Gasteiger charge is -2.32. The number of thiazole rings is 1. The number of nitrogens with zero attached hydrogens (tertiary/aromatic N) is 1. The molecule has 98 valence electrons. The van der Waals surface area contributed by atoms with Crippen LogP contribution in [0.4, 0.5) is 0 Å². The lowest BCUT2D eigenvalue weighted by atomic mass is 9.83. The predicted molar refractivity (Wildman–Crippen MR) is 73.0 cm³/mol. The number of aliphatic hydroxyl groups is 1. The summed E-state index contributed by atoms with van der Waals surface area (Å²) in [4.78, 5) is 4.27. The van der Waals surface area contributed by atoms with E-state index in [0.717, 1.165) is 12.2 Å². The summed E-state index contributed by atoms with van der Waals surface area (Å²) in [5.41, 5.74) is 2.94. The Morgan fingerprint density at radius 2 is 2.00 bits per heavy atom. The molecule has 1 aromatic rings. The van der Waals surface area contributed by atoms with Crippen molar-refractivity contribution in [3.05, 3.63) is 16.6 Å². The third-order valence-corrected chi connectivity index (χ3v) is 3.88. The fourth-order valence-electron chi connectivity index (χ4n) is 2.17. The Labute approximate surface area is 108 Å². The molecule has 0 saturated heterocycles. The average Bonchev–Trinajstić information content (AvgIpc) is 2.75. The van der Waals surface area contributed by atoms with Gasteiger partial charge in [-0.1, -0.05) is 27.7 Å². The van der Waals surface area contributed by atoms with E-state index in [4.69, 9.17) is 0 Å². The van der Waals surface area contributed by atoms with Gasteiger partial charge in [-0.2, -0.15) is 0 Å². The minimum absolute atomic E-state index is 0.241. The Balaban J connectivity index is 2.59. The van der Waals surface area contributed by atoms with Gasteiger partial charge in [0.1, 0.15) is 0 Å². The second-order valence-electron chi connectivity index (χ2n) is 5.22. The molecule has 4 heteroatoms. The first-order valence-corrected chi connectivity index (χ1v) is 7.21. The topological polar surface area (TPSA) is 45.1 Å². The molecule has 2 unspecified atom stereocenters. The molecule has 0 spiro atoms. The first-order chi connectivity index (χ1) is 8.06. The summed E-state index contributed by atoms with van der Waals surface area (Å²) < 4.78 is 0. The van der Waals surface area contributed by atoms with Crippen molar-refractivity contribution in [2.45, 2.75) is 40.3 Å². The van der Waals surface area contributed by atoms with Gasteiger partial charge in [-0.05, 0) is 17.8 Å². The quantitative estimate of drug-likeness (QED) is 0.788. The lowest BCUT2D eigenvalue weighted by Crippen LogP contribution is -2.43. The highest BCUT2D eigenvalue weighted by Crippen LogP contribution is 2.21. The van der Waals surface area contributed by atoms with Crippen molar-refractivity contribution in [1.29, 1.82) is 0 Å². The molecular weight excluding hydrogens is 232 g/mol. The van der Waals surface area contributed by atoms with E-state index in [0.29, 0.717) is 23.8 Å². The molecule has 0 bridgehead atoms. The van der Waals surface area contributed by atoms with Crippen molar-refractivity contribution in [3.8, 4) is 0 Å². The van der Waals surface area contributed by atoms with Gasteiger partial charge in [-0.25, -0.2) is 4.98 Å². The Morgan fingerprint density at radius 3 is 2.41 bits per heavy atom. The molecule has 1 heterocycles. The largest absolute Gasteiger partial charge is 0.396 e. The van der Waals surface area contributed by atoms with Crippen molar-refractivity contribution in [2.24, 2.45) is 17.8 Å². The van der Waals surface area contributed by atoms with Gasteiger partial charge < -0.3 is 10.4 Å². The molecule has 2 N–H and O–H groups in total. The highest BCUT2D eigenvalue weighted by Gasteiger charge is 2.26. The van der Waals surface area contributed by atoms with Gasteiger partial charge in [0.05, 0.1) is 11.2 Å². The van der Waals surface area contributed by atoms with Gasteiger partial charge in [-0.3, -0.25) is 0 Å². The second-order valence-corrected chi connectivity index (χ2v) is 5.94. The summed E-state index contributed by atoms with van der Waals surface area (Å²) in [6.07, 6.45) is 0. The maximum Gasteiger partial charge on any atom is 0.0795 e. The third kappa shape index (κ3) is 4.37. The zero-order chi connectivity index (χ0) is 12.8. The minimum atomic E-state index is 0.241. The van der Waals surface area contributed by atoms with Crippen LogP contribution in [-0.4, -0.2) is 22.7 Å². The molecule has 3 nitrogen and oxygen atoms in total. The molecule has 0 aliphatic rings. The van der Waals surface area contributed by atoms with Crippen molar-refractivity contribution in [1.82, 2.24) is 10.3 Å². The van der Waals surface area contributed by atoms with Crippen LogP contribution in [0.1, 0.15) is 33.4 Å². The van der Waals surface area contributed by atoms with E-state index < -0.39 is 0 Å². The summed E-state index contributed by atoms with van der Waals surface area (Å²) in [5, 5.41) is 15.1. The average molecular weight is 256 g/mol. The van der Waals surface area contributed by atoms with Crippen LogP contribution in [0.3, 0.4) is 0 Å². The van der Waals surface area contributed by atoms with Crippen molar-refractivity contribution in [2.75, 3.05) is 6.61 Å². The number of hydrogen-bond acceptors (Lipinski definition) is 4. The second kappa shape index (κ2) is 7.09. The van der Waals surface area contributed by atoms with Gasteiger partial charge in [0.2, 0.25) is 0 Å². The smallest absolute Gasteiger partial charge is 0.0795 e. The summed E-state index contributed by atoms with van der Waals surface area (Å²) in [5.74, 6) is 1.29.